The Morgan fingerprint density at radius 2 is 1.93 bits per heavy atom. The van der Waals surface area contributed by atoms with Crippen LogP contribution in [-0.4, -0.2) is 23.1 Å². The molecule has 0 atom stereocenters. The molecular formula is C23H22ClFN2. The van der Waals surface area contributed by atoms with Gasteiger partial charge in [0.25, 0.3) is 0 Å². The molecule has 0 radical (unpaired) electrons. The van der Waals surface area contributed by atoms with E-state index in [1.807, 2.05) is 31.2 Å². The van der Waals surface area contributed by atoms with Crippen molar-refractivity contribution >= 4 is 34.3 Å². The summed E-state index contributed by atoms with van der Waals surface area (Å²) < 4.78 is 15.6. The van der Waals surface area contributed by atoms with Gasteiger partial charge in [-0.25, -0.2) is 4.39 Å². The number of fused-ring (bicyclic) bond motifs is 3. The molecule has 3 aromatic rings. The van der Waals surface area contributed by atoms with Crippen LogP contribution in [0, 0.1) is 5.82 Å². The minimum atomic E-state index is -0.222. The van der Waals surface area contributed by atoms with E-state index >= 15 is 0 Å². The van der Waals surface area contributed by atoms with Gasteiger partial charge < -0.3 is 9.47 Å². The molecule has 0 N–H and O–H groups in total. The third kappa shape index (κ3) is 3.45. The van der Waals surface area contributed by atoms with Crippen molar-refractivity contribution in [2.24, 2.45) is 0 Å². The molecule has 0 saturated heterocycles. The third-order valence-corrected chi connectivity index (χ3v) is 5.37. The predicted molar refractivity (Wildman–Crippen MR) is 112 cm³/mol. The van der Waals surface area contributed by atoms with E-state index in [1.165, 1.54) is 28.8 Å². The third-order valence-electron chi connectivity index (χ3n) is 5.13. The van der Waals surface area contributed by atoms with Crippen LogP contribution < -0.4 is 0 Å². The molecule has 0 fully saturated rings. The van der Waals surface area contributed by atoms with E-state index in [-0.39, 0.29) is 5.82 Å². The Hall–Kier alpha value is -2.36. The Morgan fingerprint density at radius 3 is 2.67 bits per heavy atom. The Labute approximate surface area is 164 Å². The second-order valence-electron chi connectivity index (χ2n) is 7.04. The summed E-state index contributed by atoms with van der Waals surface area (Å²) in [5.74, 6) is -0.222. The quantitative estimate of drug-likeness (QED) is 0.506. The minimum absolute atomic E-state index is 0.222. The van der Waals surface area contributed by atoms with Gasteiger partial charge in [0.2, 0.25) is 0 Å². The van der Waals surface area contributed by atoms with Crippen LogP contribution in [0.25, 0.3) is 22.7 Å². The molecule has 27 heavy (non-hydrogen) atoms. The Bertz CT molecular complexity index is 1040. The van der Waals surface area contributed by atoms with Crippen molar-refractivity contribution in [3.8, 4) is 0 Å². The minimum Gasteiger partial charge on any atom is -0.319 e. The summed E-state index contributed by atoms with van der Waals surface area (Å²) >= 11 is 6.29. The number of nitrogens with zero attached hydrogens (tertiary/aromatic N) is 2. The molecule has 0 unspecified atom stereocenters. The fourth-order valence-corrected chi connectivity index (χ4v) is 3.99. The molecule has 0 saturated carbocycles. The Morgan fingerprint density at radius 1 is 1.15 bits per heavy atom. The van der Waals surface area contributed by atoms with Crippen LogP contribution in [0.5, 0.6) is 0 Å². The van der Waals surface area contributed by atoms with Gasteiger partial charge in [-0.05, 0) is 61.0 Å². The first kappa shape index (κ1) is 18.0. The fourth-order valence-electron chi connectivity index (χ4n) is 3.82. The standard InChI is InChI=1S/C23H22ClFN2/c1-3-4-17(16-5-8-19(25)9-6-16)14-27-22-10-7-18(24)13-20(22)21-15-26(2)12-11-23(21)27/h3-10,13-14H,11-12,15H2,1-2H3/b4-3+,17-14-. The largest absolute Gasteiger partial charge is 0.319 e. The van der Waals surface area contributed by atoms with Gasteiger partial charge in [0, 0.05) is 41.8 Å². The van der Waals surface area contributed by atoms with Crippen molar-refractivity contribution in [3.63, 3.8) is 0 Å². The number of hydrogen-bond acceptors (Lipinski definition) is 1. The van der Waals surface area contributed by atoms with Gasteiger partial charge in [-0.1, -0.05) is 35.9 Å². The lowest BCUT2D eigenvalue weighted by atomic mass is 10.0. The highest BCUT2D eigenvalue weighted by atomic mass is 35.5. The zero-order valence-electron chi connectivity index (χ0n) is 15.5. The summed E-state index contributed by atoms with van der Waals surface area (Å²) in [6.45, 7) is 3.94. The molecule has 138 valence electrons. The average molecular weight is 381 g/mol. The number of aromatic nitrogens is 1. The second-order valence-corrected chi connectivity index (χ2v) is 7.47. The molecule has 0 amide bonds. The molecule has 0 bridgehead atoms. The lowest BCUT2D eigenvalue weighted by Gasteiger charge is -2.23. The molecule has 1 aliphatic heterocycles. The van der Waals surface area contributed by atoms with E-state index in [9.17, 15) is 4.39 Å². The molecule has 2 aromatic carbocycles. The normalized spacial score (nSPS) is 15.6. The maximum atomic E-state index is 13.4. The molecule has 4 heteroatoms. The highest BCUT2D eigenvalue weighted by molar-refractivity contribution is 6.31. The van der Waals surface area contributed by atoms with Crippen molar-refractivity contribution in [1.29, 1.82) is 0 Å². The van der Waals surface area contributed by atoms with E-state index in [0.29, 0.717) is 0 Å². The zero-order valence-corrected chi connectivity index (χ0v) is 16.3. The maximum absolute atomic E-state index is 13.4. The van der Waals surface area contributed by atoms with Crippen LogP contribution in [0.1, 0.15) is 23.7 Å². The van der Waals surface area contributed by atoms with Crippen LogP contribution in [0.4, 0.5) is 4.39 Å². The average Bonchev–Trinajstić information content (AvgIpc) is 2.94. The van der Waals surface area contributed by atoms with Crippen molar-refractivity contribution in [2.75, 3.05) is 13.6 Å². The van der Waals surface area contributed by atoms with E-state index in [0.717, 1.165) is 41.2 Å². The first-order valence-electron chi connectivity index (χ1n) is 9.17. The smallest absolute Gasteiger partial charge is 0.123 e. The maximum Gasteiger partial charge on any atom is 0.123 e. The van der Waals surface area contributed by atoms with Gasteiger partial charge in [0.05, 0.1) is 5.52 Å². The van der Waals surface area contributed by atoms with Crippen LogP contribution in [0.3, 0.4) is 0 Å². The van der Waals surface area contributed by atoms with Gasteiger partial charge in [-0.2, -0.15) is 0 Å². The molecule has 0 spiro atoms. The number of likely N-dealkylation sites (N-methyl/N-ethyl adjacent to an activating group) is 1. The topological polar surface area (TPSA) is 8.17 Å². The highest BCUT2D eigenvalue weighted by Gasteiger charge is 2.22. The zero-order chi connectivity index (χ0) is 19.0. The van der Waals surface area contributed by atoms with Crippen LogP contribution in [0.15, 0.2) is 54.6 Å². The summed E-state index contributed by atoms with van der Waals surface area (Å²) in [4.78, 5) is 2.34. The van der Waals surface area contributed by atoms with Crippen LogP contribution >= 0.6 is 11.6 Å². The number of halogens is 2. The lowest BCUT2D eigenvalue weighted by Crippen LogP contribution is -2.26. The first-order valence-corrected chi connectivity index (χ1v) is 9.55. The molecular weight excluding hydrogens is 359 g/mol. The van der Waals surface area contributed by atoms with Crippen LogP contribution in [-0.2, 0) is 13.0 Å². The van der Waals surface area contributed by atoms with E-state index < -0.39 is 0 Å². The van der Waals surface area contributed by atoms with Crippen molar-refractivity contribution in [1.82, 2.24) is 9.47 Å². The van der Waals surface area contributed by atoms with E-state index in [2.05, 4.69) is 40.9 Å². The summed E-state index contributed by atoms with van der Waals surface area (Å²) in [7, 11) is 2.15. The second kappa shape index (κ2) is 7.34. The van der Waals surface area contributed by atoms with Crippen LogP contribution in [0.2, 0.25) is 5.02 Å². The molecule has 4 rings (SSSR count). The monoisotopic (exact) mass is 380 g/mol. The number of benzene rings is 2. The van der Waals surface area contributed by atoms with Crippen molar-refractivity contribution < 1.29 is 4.39 Å². The molecule has 0 aliphatic carbocycles. The van der Waals surface area contributed by atoms with Gasteiger partial charge >= 0.3 is 0 Å². The molecule has 2 nitrogen and oxygen atoms in total. The molecule has 1 aromatic heterocycles. The van der Waals surface area contributed by atoms with Crippen molar-refractivity contribution in [2.45, 2.75) is 19.9 Å². The summed E-state index contributed by atoms with van der Waals surface area (Å²) in [5, 5.41) is 1.96. The Balaban J connectivity index is 1.94. The van der Waals surface area contributed by atoms with Gasteiger partial charge in [0.1, 0.15) is 5.82 Å². The number of allylic oxidation sites excluding steroid dienone is 3. The van der Waals surface area contributed by atoms with Gasteiger partial charge in [-0.3, -0.25) is 0 Å². The van der Waals surface area contributed by atoms with E-state index in [4.69, 9.17) is 11.6 Å². The predicted octanol–water partition coefficient (Wildman–Crippen LogP) is 6.00. The molecule has 2 heterocycles. The van der Waals surface area contributed by atoms with Gasteiger partial charge in [-0.15, -0.1) is 0 Å². The summed E-state index contributed by atoms with van der Waals surface area (Å²) in [5.41, 5.74) is 5.87. The van der Waals surface area contributed by atoms with E-state index in [1.54, 1.807) is 0 Å². The summed E-state index contributed by atoms with van der Waals surface area (Å²) in [6.07, 6.45) is 7.23. The highest BCUT2D eigenvalue weighted by Crippen LogP contribution is 2.34. The Kier molecular flexibility index (Phi) is 4.90. The SMILES string of the molecule is C/C=C/C(=C/n1c2c(c3cc(Cl)ccc31)CN(C)CC2)c1ccc(F)cc1. The number of rotatable bonds is 3. The number of hydrogen-bond donors (Lipinski definition) is 0. The molecule has 1 aliphatic rings. The summed E-state index contributed by atoms with van der Waals surface area (Å²) in [6, 6.07) is 12.7. The first-order chi connectivity index (χ1) is 13.1. The lowest BCUT2D eigenvalue weighted by molar-refractivity contribution is 0.312. The van der Waals surface area contributed by atoms with Crippen molar-refractivity contribution in [3.05, 3.63) is 82.3 Å². The van der Waals surface area contributed by atoms with Gasteiger partial charge in [0.15, 0.2) is 0 Å². The fraction of sp³-hybridized carbons (Fsp3) is 0.217.